The van der Waals surface area contributed by atoms with Gasteiger partial charge < -0.3 is 4.90 Å². The highest BCUT2D eigenvalue weighted by Crippen LogP contribution is 2.30. The monoisotopic (exact) mass is 331 g/mol. The number of carbonyl (C=O) groups excluding carboxylic acids is 1. The van der Waals surface area contributed by atoms with Crippen LogP contribution in [0.2, 0.25) is 0 Å². The van der Waals surface area contributed by atoms with Crippen molar-refractivity contribution in [2.24, 2.45) is 0 Å². The zero-order chi connectivity index (χ0) is 17.1. The van der Waals surface area contributed by atoms with Crippen LogP contribution < -0.4 is 0 Å². The first kappa shape index (κ1) is 17.6. The number of rotatable bonds is 5. The van der Waals surface area contributed by atoms with E-state index >= 15 is 0 Å². The highest BCUT2D eigenvalue weighted by molar-refractivity contribution is 7.14. The second-order valence-corrected chi connectivity index (χ2v) is 7.55. The molecular formula is C18H25N3OS. The van der Waals surface area contributed by atoms with Crippen molar-refractivity contribution in [2.45, 2.75) is 59.5 Å². The summed E-state index contributed by atoms with van der Waals surface area (Å²) in [4.78, 5) is 15.0. The minimum absolute atomic E-state index is 0.0481. The molecule has 0 aliphatic rings. The van der Waals surface area contributed by atoms with Gasteiger partial charge in [-0.2, -0.15) is 0 Å². The third-order valence-electron chi connectivity index (χ3n) is 3.67. The van der Waals surface area contributed by atoms with E-state index in [1.165, 1.54) is 0 Å². The van der Waals surface area contributed by atoms with Crippen LogP contribution >= 0.6 is 11.3 Å². The molecule has 1 heterocycles. The van der Waals surface area contributed by atoms with E-state index in [0.717, 1.165) is 15.6 Å². The van der Waals surface area contributed by atoms with E-state index in [4.69, 9.17) is 0 Å². The van der Waals surface area contributed by atoms with Crippen LogP contribution in [0.15, 0.2) is 24.3 Å². The van der Waals surface area contributed by atoms with Crippen LogP contribution in [0.1, 0.15) is 62.8 Å². The Labute approximate surface area is 142 Å². The quantitative estimate of drug-likeness (QED) is 0.805. The Morgan fingerprint density at radius 1 is 1.00 bits per heavy atom. The van der Waals surface area contributed by atoms with Crippen LogP contribution in [0.25, 0.3) is 10.6 Å². The Bertz CT molecular complexity index is 668. The molecule has 1 aromatic heterocycles. The predicted molar refractivity (Wildman–Crippen MR) is 95.9 cm³/mol. The van der Waals surface area contributed by atoms with Crippen molar-refractivity contribution in [1.82, 2.24) is 15.1 Å². The smallest absolute Gasteiger partial charge is 0.255 e. The van der Waals surface area contributed by atoms with Gasteiger partial charge in [0.25, 0.3) is 5.91 Å². The van der Waals surface area contributed by atoms with Gasteiger partial charge in [-0.1, -0.05) is 43.4 Å². The van der Waals surface area contributed by atoms with Crippen molar-refractivity contribution in [3.8, 4) is 10.6 Å². The molecule has 0 radical (unpaired) electrons. The molecule has 0 atom stereocenters. The lowest BCUT2D eigenvalue weighted by molar-refractivity contribution is 0.0644. The maximum Gasteiger partial charge on any atom is 0.255 e. The molecule has 0 N–H and O–H groups in total. The molecule has 0 saturated heterocycles. The molecule has 0 bridgehead atoms. The second kappa shape index (κ2) is 7.21. The first-order valence-electron chi connectivity index (χ1n) is 8.08. The number of benzene rings is 1. The number of hydrogen-bond donors (Lipinski definition) is 0. The highest BCUT2D eigenvalue weighted by Gasteiger charge is 2.25. The third kappa shape index (κ3) is 3.78. The van der Waals surface area contributed by atoms with Crippen molar-refractivity contribution in [1.29, 1.82) is 0 Å². The average Bonchev–Trinajstić information content (AvgIpc) is 2.96. The fourth-order valence-corrected chi connectivity index (χ4v) is 3.52. The van der Waals surface area contributed by atoms with E-state index in [9.17, 15) is 4.79 Å². The molecule has 5 heteroatoms. The Hall–Kier alpha value is -1.75. The molecule has 23 heavy (non-hydrogen) atoms. The zero-order valence-electron chi connectivity index (χ0n) is 14.7. The third-order valence-corrected chi connectivity index (χ3v) is 4.93. The van der Waals surface area contributed by atoms with E-state index in [1.54, 1.807) is 11.3 Å². The molecule has 0 aliphatic carbocycles. The maximum absolute atomic E-state index is 13.0. The van der Waals surface area contributed by atoms with Gasteiger partial charge in [-0.15, -0.1) is 10.2 Å². The lowest BCUT2D eigenvalue weighted by Crippen LogP contribution is -2.42. The van der Waals surface area contributed by atoms with E-state index in [-0.39, 0.29) is 18.0 Å². The number of aromatic nitrogens is 2. The van der Waals surface area contributed by atoms with Crippen molar-refractivity contribution in [3.63, 3.8) is 0 Å². The molecule has 1 aromatic carbocycles. The Kier molecular flexibility index (Phi) is 5.52. The van der Waals surface area contributed by atoms with Gasteiger partial charge in [0.05, 0.1) is 0 Å². The zero-order valence-corrected chi connectivity index (χ0v) is 15.5. The van der Waals surface area contributed by atoms with Crippen LogP contribution in [0, 0.1) is 0 Å². The second-order valence-electron chi connectivity index (χ2n) is 6.55. The fraction of sp³-hybridized carbons (Fsp3) is 0.500. The summed E-state index contributed by atoms with van der Waals surface area (Å²) in [6.45, 7) is 12.4. The Morgan fingerprint density at radius 2 is 1.61 bits per heavy atom. The highest BCUT2D eigenvalue weighted by atomic mass is 32.1. The standard InChI is InChI=1S/C18H25N3OS/c1-11(2)16-19-20-17(23-16)14-9-7-8-10-15(14)18(22)21(12(3)4)13(5)6/h7-13H,1-6H3. The number of nitrogens with zero attached hydrogens (tertiary/aromatic N) is 3. The first-order valence-corrected chi connectivity index (χ1v) is 8.90. The molecule has 0 unspecified atom stereocenters. The SMILES string of the molecule is CC(C)c1nnc(-c2ccccc2C(=O)N(C(C)C)C(C)C)s1. The summed E-state index contributed by atoms with van der Waals surface area (Å²) in [6.07, 6.45) is 0. The largest absolute Gasteiger partial charge is 0.334 e. The van der Waals surface area contributed by atoms with E-state index in [2.05, 4.69) is 24.0 Å². The summed E-state index contributed by atoms with van der Waals surface area (Å²) in [7, 11) is 0. The van der Waals surface area contributed by atoms with Gasteiger partial charge in [-0.3, -0.25) is 4.79 Å². The molecule has 0 saturated carbocycles. The van der Waals surface area contributed by atoms with Crippen molar-refractivity contribution < 1.29 is 4.79 Å². The molecule has 0 fully saturated rings. The molecule has 124 valence electrons. The summed E-state index contributed by atoms with van der Waals surface area (Å²) < 4.78 is 0. The van der Waals surface area contributed by atoms with Gasteiger partial charge in [-0.05, 0) is 33.8 Å². The summed E-state index contributed by atoms with van der Waals surface area (Å²) >= 11 is 1.56. The van der Waals surface area contributed by atoms with Crippen LogP contribution in [-0.2, 0) is 0 Å². The minimum atomic E-state index is 0.0481. The lowest BCUT2D eigenvalue weighted by atomic mass is 10.0. The van der Waals surface area contributed by atoms with E-state index < -0.39 is 0 Å². The normalized spacial score (nSPS) is 11.5. The molecule has 1 amide bonds. The molecule has 4 nitrogen and oxygen atoms in total. The van der Waals surface area contributed by atoms with Crippen molar-refractivity contribution >= 4 is 17.2 Å². The van der Waals surface area contributed by atoms with Gasteiger partial charge in [0.15, 0.2) is 0 Å². The summed E-state index contributed by atoms with van der Waals surface area (Å²) in [5, 5.41) is 10.4. The Balaban J connectivity index is 2.46. The number of hydrogen-bond acceptors (Lipinski definition) is 4. The fourth-order valence-electron chi connectivity index (χ4n) is 2.64. The Morgan fingerprint density at radius 3 is 2.13 bits per heavy atom. The van der Waals surface area contributed by atoms with Crippen molar-refractivity contribution in [2.75, 3.05) is 0 Å². The maximum atomic E-state index is 13.0. The summed E-state index contributed by atoms with van der Waals surface area (Å²) in [5.74, 6) is 0.388. The predicted octanol–water partition coefficient (Wildman–Crippen LogP) is 4.59. The van der Waals surface area contributed by atoms with E-state index in [0.29, 0.717) is 11.5 Å². The lowest BCUT2D eigenvalue weighted by Gasteiger charge is -2.31. The van der Waals surface area contributed by atoms with Gasteiger partial charge in [0.2, 0.25) is 0 Å². The first-order chi connectivity index (χ1) is 10.8. The number of carbonyl (C=O) groups is 1. The average molecular weight is 331 g/mol. The topological polar surface area (TPSA) is 46.1 Å². The van der Waals surface area contributed by atoms with Gasteiger partial charge in [-0.25, -0.2) is 0 Å². The van der Waals surface area contributed by atoms with Gasteiger partial charge in [0, 0.05) is 29.1 Å². The van der Waals surface area contributed by atoms with Gasteiger partial charge in [0.1, 0.15) is 10.0 Å². The van der Waals surface area contributed by atoms with Gasteiger partial charge >= 0.3 is 0 Å². The summed E-state index contributed by atoms with van der Waals surface area (Å²) in [6, 6.07) is 7.98. The van der Waals surface area contributed by atoms with Crippen LogP contribution in [0.5, 0.6) is 0 Å². The van der Waals surface area contributed by atoms with Crippen LogP contribution in [0.4, 0.5) is 0 Å². The molecule has 2 rings (SSSR count). The van der Waals surface area contributed by atoms with Crippen LogP contribution in [-0.4, -0.2) is 33.1 Å². The molecule has 0 spiro atoms. The molecule has 0 aliphatic heterocycles. The van der Waals surface area contributed by atoms with E-state index in [1.807, 2.05) is 56.9 Å². The van der Waals surface area contributed by atoms with Crippen molar-refractivity contribution in [3.05, 3.63) is 34.8 Å². The molecular weight excluding hydrogens is 306 g/mol. The van der Waals surface area contributed by atoms with Crippen LogP contribution in [0.3, 0.4) is 0 Å². The summed E-state index contributed by atoms with van der Waals surface area (Å²) in [5.41, 5.74) is 1.56. The molecule has 2 aromatic rings. The number of amides is 1. The minimum Gasteiger partial charge on any atom is -0.334 e.